The lowest BCUT2D eigenvalue weighted by Gasteiger charge is -2.14. The first-order valence-corrected chi connectivity index (χ1v) is 8.67. The van der Waals surface area contributed by atoms with Gasteiger partial charge < -0.3 is 10.1 Å². The van der Waals surface area contributed by atoms with Crippen molar-refractivity contribution in [3.63, 3.8) is 0 Å². The maximum Gasteiger partial charge on any atom is 0.241 e. The summed E-state index contributed by atoms with van der Waals surface area (Å²) >= 11 is 8.98. The number of ether oxygens (including phenoxy) is 1. The van der Waals surface area contributed by atoms with E-state index in [9.17, 15) is 13.2 Å². The first kappa shape index (κ1) is 18.4. The van der Waals surface area contributed by atoms with E-state index in [1.807, 2.05) is 0 Å². The van der Waals surface area contributed by atoms with Crippen molar-refractivity contribution < 1.29 is 17.9 Å². The van der Waals surface area contributed by atoms with Gasteiger partial charge in [0.15, 0.2) is 0 Å². The Morgan fingerprint density at radius 1 is 1.48 bits per heavy atom. The van der Waals surface area contributed by atoms with E-state index in [1.165, 1.54) is 32.2 Å². The van der Waals surface area contributed by atoms with Crippen molar-refractivity contribution in [2.24, 2.45) is 0 Å². The fraction of sp³-hybridized carbons (Fsp3) is 0.417. The molecule has 2 N–H and O–H groups in total. The first-order chi connectivity index (χ1) is 9.77. The van der Waals surface area contributed by atoms with Gasteiger partial charge in [-0.2, -0.15) is 4.72 Å². The van der Waals surface area contributed by atoms with Crippen LogP contribution >= 0.6 is 27.5 Å². The lowest BCUT2D eigenvalue weighted by Crippen LogP contribution is -2.45. The summed E-state index contributed by atoms with van der Waals surface area (Å²) in [6.07, 6.45) is 0. The normalized spacial score (nSPS) is 13.0. The number of halogens is 2. The molecule has 0 saturated carbocycles. The smallest absolute Gasteiger partial charge is 0.241 e. The van der Waals surface area contributed by atoms with Crippen LogP contribution in [0.25, 0.3) is 0 Å². The van der Waals surface area contributed by atoms with Gasteiger partial charge in [0.2, 0.25) is 15.9 Å². The zero-order valence-electron chi connectivity index (χ0n) is 11.5. The second-order valence-electron chi connectivity index (χ2n) is 4.20. The molecule has 1 aromatic carbocycles. The van der Waals surface area contributed by atoms with Gasteiger partial charge in [0, 0.05) is 18.1 Å². The quantitative estimate of drug-likeness (QED) is 0.681. The average molecular weight is 400 g/mol. The molecule has 1 atom stereocenters. The third-order valence-electron chi connectivity index (χ3n) is 2.53. The third-order valence-corrected chi connectivity index (χ3v) is 5.28. The number of hydrogen-bond acceptors (Lipinski definition) is 4. The molecule has 1 aromatic rings. The highest BCUT2D eigenvalue weighted by Crippen LogP contribution is 2.25. The van der Waals surface area contributed by atoms with Crippen molar-refractivity contribution >= 4 is 43.5 Å². The second kappa shape index (κ2) is 8.09. The first-order valence-electron chi connectivity index (χ1n) is 6.02. The summed E-state index contributed by atoms with van der Waals surface area (Å²) in [7, 11) is -2.29. The fourth-order valence-corrected chi connectivity index (χ4v) is 3.30. The van der Waals surface area contributed by atoms with Gasteiger partial charge in [-0.15, -0.1) is 0 Å². The van der Waals surface area contributed by atoms with Crippen LogP contribution in [0.5, 0.6) is 0 Å². The maximum atomic E-state index is 12.2. The molecule has 0 spiro atoms. The molecule has 1 unspecified atom stereocenters. The Hall–Kier alpha value is -0.670. The lowest BCUT2D eigenvalue weighted by molar-refractivity contribution is -0.122. The zero-order valence-corrected chi connectivity index (χ0v) is 14.7. The third kappa shape index (κ3) is 5.55. The minimum Gasteiger partial charge on any atom is -0.383 e. The van der Waals surface area contributed by atoms with Crippen LogP contribution < -0.4 is 10.0 Å². The second-order valence-corrected chi connectivity index (χ2v) is 7.18. The maximum absolute atomic E-state index is 12.2. The van der Waals surface area contributed by atoms with E-state index in [0.29, 0.717) is 22.6 Å². The molecule has 6 nitrogen and oxygen atoms in total. The molecular formula is C12H16BrClN2O4S. The van der Waals surface area contributed by atoms with Crippen LogP contribution in [-0.4, -0.2) is 40.6 Å². The highest BCUT2D eigenvalue weighted by atomic mass is 79.9. The molecule has 0 saturated heterocycles. The van der Waals surface area contributed by atoms with E-state index in [0.717, 1.165) is 0 Å². The average Bonchev–Trinajstić information content (AvgIpc) is 2.41. The van der Waals surface area contributed by atoms with E-state index >= 15 is 0 Å². The highest BCUT2D eigenvalue weighted by Gasteiger charge is 2.22. The molecule has 0 heterocycles. The zero-order chi connectivity index (χ0) is 16.0. The predicted molar refractivity (Wildman–Crippen MR) is 83.8 cm³/mol. The Morgan fingerprint density at radius 2 is 2.14 bits per heavy atom. The van der Waals surface area contributed by atoms with Crippen LogP contribution in [0.15, 0.2) is 27.6 Å². The van der Waals surface area contributed by atoms with Crippen LogP contribution in [0.1, 0.15) is 6.92 Å². The van der Waals surface area contributed by atoms with Crippen molar-refractivity contribution in [2.75, 3.05) is 20.3 Å². The summed E-state index contributed by atoms with van der Waals surface area (Å²) in [5.41, 5.74) is 0. The van der Waals surface area contributed by atoms with E-state index in [1.54, 1.807) is 0 Å². The minimum absolute atomic E-state index is 0.0234. The van der Waals surface area contributed by atoms with Gasteiger partial charge in [0.1, 0.15) is 0 Å². The Bertz CT molecular complexity index is 609. The molecular weight excluding hydrogens is 384 g/mol. The molecule has 1 rings (SSSR count). The number of sulfonamides is 1. The molecule has 118 valence electrons. The van der Waals surface area contributed by atoms with Gasteiger partial charge in [0.25, 0.3) is 0 Å². The van der Waals surface area contributed by atoms with Crippen molar-refractivity contribution in [1.82, 2.24) is 10.0 Å². The largest absolute Gasteiger partial charge is 0.383 e. The molecule has 0 aliphatic carbocycles. The minimum atomic E-state index is -3.81. The number of nitrogens with one attached hydrogen (secondary N) is 2. The van der Waals surface area contributed by atoms with Gasteiger partial charge >= 0.3 is 0 Å². The van der Waals surface area contributed by atoms with E-state index < -0.39 is 22.0 Å². The van der Waals surface area contributed by atoms with Gasteiger partial charge in [-0.1, -0.05) is 11.6 Å². The molecule has 0 bridgehead atoms. The molecule has 9 heteroatoms. The van der Waals surface area contributed by atoms with Crippen molar-refractivity contribution in [2.45, 2.75) is 17.9 Å². The molecule has 0 aliphatic heterocycles. The van der Waals surface area contributed by atoms with Gasteiger partial charge in [-0.05, 0) is 41.1 Å². The molecule has 0 aliphatic rings. The Morgan fingerprint density at radius 3 is 2.71 bits per heavy atom. The standard InChI is InChI=1S/C12H16BrClN2O4S/c1-8(12(17)15-5-6-20-2)16-21(18,19)9-3-4-11(14)10(13)7-9/h3-4,7-8,16H,5-6H2,1-2H3,(H,15,17). The number of hydrogen-bond donors (Lipinski definition) is 2. The van der Waals surface area contributed by atoms with Crippen LogP contribution in [0.3, 0.4) is 0 Å². The van der Waals surface area contributed by atoms with Crippen LogP contribution in [0.2, 0.25) is 5.02 Å². The Kier molecular flexibility index (Phi) is 7.08. The number of amides is 1. The van der Waals surface area contributed by atoms with Crippen molar-refractivity contribution in [3.8, 4) is 0 Å². The number of carbonyl (C=O) groups is 1. The molecule has 0 aromatic heterocycles. The molecule has 21 heavy (non-hydrogen) atoms. The van der Waals surface area contributed by atoms with Crippen LogP contribution in [0.4, 0.5) is 0 Å². The number of benzene rings is 1. The Labute approximate surface area is 137 Å². The fourth-order valence-electron chi connectivity index (χ4n) is 1.43. The molecule has 0 radical (unpaired) electrons. The summed E-state index contributed by atoms with van der Waals surface area (Å²) in [4.78, 5) is 11.7. The highest BCUT2D eigenvalue weighted by molar-refractivity contribution is 9.10. The van der Waals surface area contributed by atoms with Gasteiger partial charge in [0.05, 0.1) is 22.6 Å². The summed E-state index contributed by atoms with van der Waals surface area (Å²) in [6.45, 7) is 2.13. The Balaban J connectivity index is 2.75. The topological polar surface area (TPSA) is 84.5 Å². The van der Waals surface area contributed by atoms with E-state index in [2.05, 4.69) is 26.0 Å². The summed E-state index contributed by atoms with van der Waals surface area (Å²) in [6, 6.07) is 3.30. The number of rotatable bonds is 7. The molecule has 0 fully saturated rings. The van der Waals surface area contributed by atoms with Gasteiger partial charge in [-0.3, -0.25) is 4.79 Å². The van der Waals surface area contributed by atoms with E-state index in [4.69, 9.17) is 16.3 Å². The summed E-state index contributed by atoms with van der Waals surface area (Å²) < 4.78 is 31.9. The summed E-state index contributed by atoms with van der Waals surface area (Å²) in [5.74, 6) is -0.427. The van der Waals surface area contributed by atoms with Crippen molar-refractivity contribution in [3.05, 3.63) is 27.7 Å². The number of carbonyl (C=O) groups excluding carboxylic acids is 1. The van der Waals surface area contributed by atoms with Gasteiger partial charge in [-0.25, -0.2) is 8.42 Å². The SMILES string of the molecule is COCCNC(=O)C(C)NS(=O)(=O)c1ccc(Cl)c(Br)c1. The summed E-state index contributed by atoms with van der Waals surface area (Å²) in [5, 5.41) is 2.96. The predicted octanol–water partition coefficient (Wildman–Crippen LogP) is 1.53. The molecule has 1 amide bonds. The van der Waals surface area contributed by atoms with Crippen molar-refractivity contribution in [1.29, 1.82) is 0 Å². The van der Waals surface area contributed by atoms with Crippen LogP contribution in [-0.2, 0) is 19.6 Å². The van der Waals surface area contributed by atoms with Crippen LogP contribution in [0, 0.1) is 0 Å². The lowest BCUT2D eigenvalue weighted by atomic mass is 10.3. The van der Waals surface area contributed by atoms with E-state index in [-0.39, 0.29) is 4.90 Å². The number of methoxy groups -OCH3 is 1. The monoisotopic (exact) mass is 398 g/mol.